The molecular weight excluding hydrogens is 393 g/mol. The molecule has 0 radical (unpaired) electrons. The standard InChI is InChI=1S/C22H23Cl2N3O/c1-3-15(2)21-20(24)22(27-14-26-21)25-13-12-16-4-8-18(9-5-16)28-19-10-6-17(23)7-11-19/h4-11,14-15H,3,12-13H2,1-2H3,(H,25,26,27)/t15-/m1/s1. The second-order valence-electron chi connectivity index (χ2n) is 6.61. The van der Waals surface area contributed by atoms with Gasteiger partial charge < -0.3 is 10.1 Å². The highest BCUT2D eigenvalue weighted by Gasteiger charge is 2.13. The van der Waals surface area contributed by atoms with E-state index in [1.54, 1.807) is 6.33 Å². The summed E-state index contributed by atoms with van der Waals surface area (Å²) in [5, 5.41) is 4.62. The topological polar surface area (TPSA) is 47.0 Å². The van der Waals surface area contributed by atoms with Crippen LogP contribution < -0.4 is 10.1 Å². The van der Waals surface area contributed by atoms with Crippen molar-refractivity contribution < 1.29 is 4.74 Å². The molecule has 4 nitrogen and oxygen atoms in total. The van der Waals surface area contributed by atoms with Crippen molar-refractivity contribution in [2.24, 2.45) is 0 Å². The highest BCUT2D eigenvalue weighted by molar-refractivity contribution is 6.33. The molecule has 3 aromatic rings. The van der Waals surface area contributed by atoms with E-state index in [0.717, 1.165) is 36.6 Å². The van der Waals surface area contributed by atoms with E-state index in [2.05, 4.69) is 41.3 Å². The van der Waals surface area contributed by atoms with Gasteiger partial charge in [0.15, 0.2) is 0 Å². The average molecular weight is 416 g/mol. The maximum absolute atomic E-state index is 6.46. The van der Waals surface area contributed by atoms with Gasteiger partial charge in [0.05, 0.1) is 5.69 Å². The van der Waals surface area contributed by atoms with Crippen LogP contribution in [0.2, 0.25) is 10.0 Å². The monoisotopic (exact) mass is 415 g/mol. The van der Waals surface area contributed by atoms with E-state index in [-0.39, 0.29) is 0 Å². The van der Waals surface area contributed by atoms with Crippen molar-refractivity contribution in [3.63, 3.8) is 0 Å². The van der Waals surface area contributed by atoms with Crippen LogP contribution in [0.25, 0.3) is 0 Å². The van der Waals surface area contributed by atoms with Gasteiger partial charge in [-0.05, 0) is 60.7 Å². The normalized spacial score (nSPS) is 11.9. The summed E-state index contributed by atoms with van der Waals surface area (Å²) in [6.45, 7) is 4.97. The van der Waals surface area contributed by atoms with Crippen LogP contribution in [0.15, 0.2) is 54.9 Å². The van der Waals surface area contributed by atoms with Crippen molar-refractivity contribution in [1.29, 1.82) is 0 Å². The number of ether oxygens (including phenoxy) is 1. The first-order chi connectivity index (χ1) is 13.6. The van der Waals surface area contributed by atoms with Crippen molar-refractivity contribution in [2.75, 3.05) is 11.9 Å². The zero-order valence-electron chi connectivity index (χ0n) is 16.0. The summed E-state index contributed by atoms with van der Waals surface area (Å²) in [5.74, 6) is 2.55. The molecule has 1 atom stereocenters. The molecule has 1 aromatic heterocycles. The van der Waals surface area contributed by atoms with Crippen LogP contribution in [0.4, 0.5) is 5.82 Å². The molecule has 1 N–H and O–H groups in total. The summed E-state index contributed by atoms with van der Waals surface area (Å²) >= 11 is 12.4. The van der Waals surface area contributed by atoms with Gasteiger partial charge in [-0.2, -0.15) is 0 Å². The first-order valence-corrected chi connectivity index (χ1v) is 10.1. The predicted molar refractivity (Wildman–Crippen MR) is 116 cm³/mol. The van der Waals surface area contributed by atoms with Gasteiger partial charge in [-0.3, -0.25) is 0 Å². The van der Waals surface area contributed by atoms with Gasteiger partial charge in [0.25, 0.3) is 0 Å². The quantitative estimate of drug-likeness (QED) is 0.442. The van der Waals surface area contributed by atoms with Crippen LogP contribution in [0.1, 0.15) is 37.4 Å². The van der Waals surface area contributed by atoms with Crippen molar-refractivity contribution in [3.05, 3.63) is 76.2 Å². The molecular formula is C22H23Cl2N3O. The molecule has 0 saturated heterocycles. The van der Waals surface area contributed by atoms with Crippen LogP contribution in [0.3, 0.4) is 0 Å². The van der Waals surface area contributed by atoms with Crippen molar-refractivity contribution in [1.82, 2.24) is 9.97 Å². The van der Waals surface area contributed by atoms with Crippen molar-refractivity contribution in [3.8, 4) is 11.5 Å². The number of benzene rings is 2. The summed E-state index contributed by atoms with van der Waals surface area (Å²) in [7, 11) is 0. The van der Waals surface area contributed by atoms with Crippen LogP contribution >= 0.6 is 23.2 Å². The van der Waals surface area contributed by atoms with Crippen molar-refractivity contribution in [2.45, 2.75) is 32.6 Å². The van der Waals surface area contributed by atoms with Gasteiger partial charge in [-0.1, -0.05) is 49.2 Å². The van der Waals surface area contributed by atoms with Gasteiger partial charge in [0.2, 0.25) is 0 Å². The number of anilines is 1. The SMILES string of the molecule is CC[C@@H](C)c1ncnc(NCCc2ccc(Oc3ccc(Cl)cc3)cc2)c1Cl. The van der Waals surface area contributed by atoms with E-state index < -0.39 is 0 Å². The number of aromatic nitrogens is 2. The molecule has 0 amide bonds. The lowest BCUT2D eigenvalue weighted by Gasteiger charge is -2.13. The average Bonchev–Trinajstić information content (AvgIpc) is 2.72. The highest BCUT2D eigenvalue weighted by atomic mass is 35.5. The minimum Gasteiger partial charge on any atom is -0.457 e. The molecule has 0 aliphatic carbocycles. The lowest BCUT2D eigenvalue weighted by Crippen LogP contribution is -2.09. The first kappa shape index (κ1) is 20.4. The van der Waals surface area contributed by atoms with E-state index in [0.29, 0.717) is 21.8 Å². The summed E-state index contributed by atoms with van der Waals surface area (Å²) < 4.78 is 5.82. The van der Waals surface area contributed by atoms with E-state index in [4.69, 9.17) is 27.9 Å². The molecule has 0 fully saturated rings. The smallest absolute Gasteiger partial charge is 0.148 e. The maximum Gasteiger partial charge on any atom is 0.148 e. The molecule has 0 aliphatic heterocycles. The summed E-state index contributed by atoms with van der Waals surface area (Å²) in [6, 6.07) is 15.3. The lowest BCUT2D eigenvalue weighted by atomic mass is 10.0. The Kier molecular flexibility index (Phi) is 7.12. The van der Waals surface area contributed by atoms with Crippen molar-refractivity contribution >= 4 is 29.0 Å². The maximum atomic E-state index is 6.46. The largest absolute Gasteiger partial charge is 0.457 e. The molecule has 2 aromatic carbocycles. The number of rotatable bonds is 8. The minimum atomic E-state index is 0.309. The number of hydrogen-bond donors (Lipinski definition) is 1. The van der Waals surface area contributed by atoms with E-state index in [9.17, 15) is 0 Å². The Bertz CT molecular complexity index is 899. The Morgan fingerprint density at radius 3 is 2.25 bits per heavy atom. The number of halogens is 2. The van der Waals surface area contributed by atoms with Crippen LogP contribution in [-0.4, -0.2) is 16.5 Å². The Morgan fingerprint density at radius 1 is 0.964 bits per heavy atom. The Morgan fingerprint density at radius 2 is 1.61 bits per heavy atom. The molecule has 6 heteroatoms. The first-order valence-electron chi connectivity index (χ1n) is 9.33. The van der Waals surface area contributed by atoms with Gasteiger partial charge in [-0.15, -0.1) is 0 Å². The number of nitrogens with zero attached hydrogens (tertiary/aromatic N) is 2. The fraction of sp³-hybridized carbons (Fsp3) is 0.273. The third-order valence-electron chi connectivity index (χ3n) is 4.57. The fourth-order valence-electron chi connectivity index (χ4n) is 2.73. The predicted octanol–water partition coefficient (Wildman–Crippen LogP) is 6.74. The van der Waals surface area contributed by atoms with Crippen LogP contribution in [0, 0.1) is 0 Å². The van der Waals surface area contributed by atoms with E-state index in [1.165, 1.54) is 5.56 Å². The number of nitrogens with one attached hydrogen (secondary N) is 1. The second kappa shape index (κ2) is 9.76. The third kappa shape index (κ3) is 5.37. The van der Waals surface area contributed by atoms with E-state index >= 15 is 0 Å². The molecule has 3 rings (SSSR count). The van der Waals surface area contributed by atoms with Gasteiger partial charge in [-0.25, -0.2) is 9.97 Å². The minimum absolute atomic E-state index is 0.309. The molecule has 0 unspecified atom stereocenters. The van der Waals surface area contributed by atoms with Gasteiger partial charge in [0, 0.05) is 11.6 Å². The van der Waals surface area contributed by atoms with Gasteiger partial charge in [0.1, 0.15) is 28.7 Å². The highest BCUT2D eigenvalue weighted by Crippen LogP contribution is 2.29. The summed E-state index contributed by atoms with van der Waals surface area (Å²) in [4.78, 5) is 8.59. The third-order valence-corrected chi connectivity index (χ3v) is 5.20. The molecule has 1 heterocycles. The molecule has 146 valence electrons. The lowest BCUT2D eigenvalue weighted by molar-refractivity contribution is 0.482. The summed E-state index contributed by atoms with van der Waals surface area (Å²) in [5.41, 5.74) is 2.09. The van der Waals surface area contributed by atoms with Gasteiger partial charge >= 0.3 is 0 Å². The zero-order valence-corrected chi connectivity index (χ0v) is 17.5. The zero-order chi connectivity index (χ0) is 19.9. The molecule has 0 spiro atoms. The van der Waals surface area contributed by atoms with Crippen LogP contribution in [0.5, 0.6) is 11.5 Å². The Hall–Kier alpha value is -2.30. The fourth-order valence-corrected chi connectivity index (χ4v) is 3.21. The molecule has 0 aliphatic rings. The molecule has 0 saturated carbocycles. The van der Waals surface area contributed by atoms with E-state index in [1.807, 2.05) is 36.4 Å². The molecule has 0 bridgehead atoms. The molecule has 28 heavy (non-hydrogen) atoms. The Balaban J connectivity index is 1.55. The second-order valence-corrected chi connectivity index (χ2v) is 7.42. The Labute approximate surface area is 175 Å². The number of hydrogen-bond acceptors (Lipinski definition) is 4. The summed E-state index contributed by atoms with van der Waals surface area (Å²) in [6.07, 6.45) is 3.40. The van der Waals surface area contributed by atoms with Crippen LogP contribution in [-0.2, 0) is 6.42 Å².